The Bertz CT molecular complexity index is 543. The molecule has 0 saturated carbocycles. The van der Waals surface area contributed by atoms with Gasteiger partial charge < -0.3 is 19.7 Å². The number of methoxy groups -OCH3 is 2. The molecule has 7 nitrogen and oxygen atoms in total. The van der Waals surface area contributed by atoms with E-state index in [-0.39, 0.29) is 25.0 Å². The first-order chi connectivity index (χ1) is 11.0. The SMILES string of the molecule is COC(CNC(=O)CN1CCN(c2ccc(C)cc2)C1=O)OC. The zero-order chi connectivity index (χ0) is 16.8. The number of hydrogen-bond acceptors (Lipinski definition) is 4. The van der Waals surface area contributed by atoms with E-state index in [2.05, 4.69) is 5.32 Å². The molecule has 1 N–H and O–H groups in total. The number of amides is 3. The fourth-order valence-electron chi connectivity index (χ4n) is 2.38. The number of anilines is 1. The van der Waals surface area contributed by atoms with Crippen LogP contribution in [0, 0.1) is 6.92 Å². The smallest absolute Gasteiger partial charge is 0.325 e. The van der Waals surface area contributed by atoms with Crippen molar-refractivity contribution in [2.75, 3.05) is 45.3 Å². The Morgan fingerprint density at radius 1 is 1.22 bits per heavy atom. The third kappa shape index (κ3) is 4.43. The van der Waals surface area contributed by atoms with Gasteiger partial charge in [0.15, 0.2) is 6.29 Å². The van der Waals surface area contributed by atoms with Crippen LogP contribution < -0.4 is 10.2 Å². The van der Waals surface area contributed by atoms with Crippen molar-refractivity contribution in [3.8, 4) is 0 Å². The highest BCUT2D eigenvalue weighted by atomic mass is 16.7. The van der Waals surface area contributed by atoms with Crippen LogP contribution in [0.3, 0.4) is 0 Å². The lowest BCUT2D eigenvalue weighted by atomic mass is 10.2. The second kappa shape index (κ2) is 7.94. The molecule has 0 radical (unpaired) electrons. The first-order valence-corrected chi connectivity index (χ1v) is 7.50. The maximum Gasteiger partial charge on any atom is 0.325 e. The van der Waals surface area contributed by atoms with Gasteiger partial charge in [0.2, 0.25) is 5.91 Å². The lowest BCUT2D eigenvalue weighted by Crippen LogP contribution is -2.42. The van der Waals surface area contributed by atoms with E-state index < -0.39 is 6.29 Å². The van der Waals surface area contributed by atoms with Crippen LogP contribution in [0.4, 0.5) is 10.5 Å². The van der Waals surface area contributed by atoms with E-state index in [0.29, 0.717) is 13.1 Å². The molecule has 1 saturated heterocycles. The highest BCUT2D eigenvalue weighted by Crippen LogP contribution is 2.20. The van der Waals surface area contributed by atoms with Gasteiger partial charge in [0.25, 0.3) is 0 Å². The average Bonchev–Trinajstić information content (AvgIpc) is 2.90. The van der Waals surface area contributed by atoms with Gasteiger partial charge in [0.05, 0.1) is 6.54 Å². The van der Waals surface area contributed by atoms with Crippen molar-refractivity contribution in [3.63, 3.8) is 0 Å². The van der Waals surface area contributed by atoms with Crippen molar-refractivity contribution < 1.29 is 19.1 Å². The van der Waals surface area contributed by atoms with Gasteiger partial charge in [-0.05, 0) is 19.1 Å². The van der Waals surface area contributed by atoms with E-state index in [1.807, 2.05) is 31.2 Å². The Hall–Kier alpha value is -2.12. The van der Waals surface area contributed by atoms with Crippen molar-refractivity contribution in [3.05, 3.63) is 29.8 Å². The molecule has 0 atom stereocenters. The highest BCUT2D eigenvalue weighted by Gasteiger charge is 2.30. The fourth-order valence-corrected chi connectivity index (χ4v) is 2.38. The van der Waals surface area contributed by atoms with Gasteiger partial charge in [-0.3, -0.25) is 9.69 Å². The van der Waals surface area contributed by atoms with Gasteiger partial charge in [-0.15, -0.1) is 0 Å². The molecule has 1 fully saturated rings. The van der Waals surface area contributed by atoms with Crippen molar-refractivity contribution in [1.29, 1.82) is 0 Å². The van der Waals surface area contributed by atoms with Crippen molar-refractivity contribution in [1.82, 2.24) is 10.2 Å². The van der Waals surface area contributed by atoms with E-state index in [9.17, 15) is 9.59 Å². The minimum absolute atomic E-state index is 0.0291. The van der Waals surface area contributed by atoms with Crippen molar-refractivity contribution >= 4 is 17.6 Å². The molecule has 7 heteroatoms. The quantitative estimate of drug-likeness (QED) is 0.760. The summed E-state index contributed by atoms with van der Waals surface area (Å²) in [6.07, 6.45) is -0.489. The maximum absolute atomic E-state index is 12.4. The molecule has 2 rings (SSSR count). The number of ether oxygens (including phenoxy) is 2. The van der Waals surface area contributed by atoms with Crippen LogP contribution in [0.5, 0.6) is 0 Å². The van der Waals surface area contributed by atoms with Crippen LogP contribution in [0.15, 0.2) is 24.3 Å². The summed E-state index contributed by atoms with van der Waals surface area (Å²) >= 11 is 0. The van der Waals surface area contributed by atoms with E-state index >= 15 is 0 Å². The minimum Gasteiger partial charge on any atom is -0.354 e. The number of aryl methyl sites for hydroxylation is 1. The summed E-state index contributed by atoms with van der Waals surface area (Å²) in [6, 6.07) is 7.61. The Labute approximate surface area is 136 Å². The number of nitrogens with one attached hydrogen (secondary N) is 1. The number of benzene rings is 1. The summed E-state index contributed by atoms with van der Waals surface area (Å²) in [5.74, 6) is -0.233. The molecule has 0 bridgehead atoms. The van der Waals surface area contributed by atoms with Crippen LogP contribution in [-0.2, 0) is 14.3 Å². The molecule has 0 spiro atoms. The number of nitrogens with zero attached hydrogens (tertiary/aromatic N) is 2. The lowest BCUT2D eigenvalue weighted by Gasteiger charge is -2.19. The van der Waals surface area contributed by atoms with Crippen LogP contribution >= 0.6 is 0 Å². The predicted octanol–water partition coefficient (Wildman–Crippen LogP) is 0.972. The zero-order valence-corrected chi connectivity index (χ0v) is 13.7. The zero-order valence-electron chi connectivity index (χ0n) is 13.7. The number of carbonyl (C=O) groups excluding carboxylic acids is 2. The normalized spacial score (nSPS) is 14.7. The number of urea groups is 1. The van der Waals surface area contributed by atoms with Crippen molar-refractivity contribution in [2.24, 2.45) is 0 Å². The highest BCUT2D eigenvalue weighted by molar-refractivity contribution is 5.96. The molecule has 1 aromatic carbocycles. The largest absolute Gasteiger partial charge is 0.354 e. The second-order valence-electron chi connectivity index (χ2n) is 5.40. The molecule has 1 aliphatic heterocycles. The van der Waals surface area contributed by atoms with Gasteiger partial charge in [-0.1, -0.05) is 17.7 Å². The molecular weight excluding hydrogens is 298 g/mol. The van der Waals surface area contributed by atoms with E-state index in [1.54, 1.807) is 4.90 Å². The summed E-state index contributed by atoms with van der Waals surface area (Å²) < 4.78 is 10.00. The fraction of sp³-hybridized carbons (Fsp3) is 0.500. The molecule has 23 heavy (non-hydrogen) atoms. The Kier molecular flexibility index (Phi) is 5.95. The van der Waals surface area contributed by atoms with Crippen LogP contribution in [0.2, 0.25) is 0 Å². The topological polar surface area (TPSA) is 71.1 Å². The molecule has 1 aliphatic rings. The van der Waals surface area contributed by atoms with Crippen LogP contribution in [0.25, 0.3) is 0 Å². The molecule has 0 aromatic heterocycles. The van der Waals surface area contributed by atoms with E-state index in [4.69, 9.17) is 9.47 Å². The van der Waals surface area contributed by atoms with Gasteiger partial charge >= 0.3 is 6.03 Å². The van der Waals surface area contributed by atoms with Gasteiger partial charge in [0.1, 0.15) is 6.54 Å². The van der Waals surface area contributed by atoms with Crippen LogP contribution in [0.1, 0.15) is 5.56 Å². The average molecular weight is 321 g/mol. The predicted molar refractivity (Wildman–Crippen MR) is 86.3 cm³/mol. The third-order valence-electron chi connectivity index (χ3n) is 3.77. The second-order valence-corrected chi connectivity index (χ2v) is 5.40. The molecule has 0 aliphatic carbocycles. The number of rotatable bonds is 7. The van der Waals surface area contributed by atoms with E-state index in [1.165, 1.54) is 19.1 Å². The van der Waals surface area contributed by atoms with Gasteiger partial charge in [-0.2, -0.15) is 0 Å². The van der Waals surface area contributed by atoms with Gasteiger partial charge in [0, 0.05) is 33.0 Å². The standard InChI is InChI=1S/C16H23N3O4/c1-12-4-6-13(7-5-12)19-9-8-18(16(19)21)11-14(20)17-10-15(22-2)23-3/h4-7,15H,8-11H2,1-3H3,(H,17,20). The van der Waals surface area contributed by atoms with Crippen molar-refractivity contribution in [2.45, 2.75) is 13.2 Å². The molecule has 126 valence electrons. The number of carbonyl (C=O) groups is 2. The first kappa shape index (κ1) is 17.2. The Balaban J connectivity index is 1.87. The molecule has 3 amide bonds. The van der Waals surface area contributed by atoms with Crippen LogP contribution in [-0.4, -0.2) is 63.5 Å². The summed E-state index contributed by atoms with van der Waals surface area (Å²) in [4.78, 5) is 27.5. The lowest BCUT2D eigenvalue weighted by molar-refractivity contribution is -0.127. The van der Waals surface area contributed by atoms with Gasteiger partial charge in [-0.25, -0.2) is 4.79 Å². The van der Waals surface area contributed by atoms with E-state index in [0.717, 1.165) is 11.3 Å². The summed E-state index contributed by atoms with van der Waals surface area (Å²) in [6.45, 7) is 3.38. The minimum atomic E-state index is -0.489. The summed E-state index contributed by atoms with van der Waals surface area (Å²) in [7, 11) is 3.01. The molecular formula is C16H23N3O4. The Morgan fingerprint density at radius 3 is 2.48 bits per heavy atom. The first-order valence-electron chi connectivity index (χ1n) is 7.50. The molecule has 1 heterocycles. The number of hydrogen-bond donors (Lipinski definition) is 1. The monoisotopic (exact) mass is 321 g/mol. The summed E-state index contributed by atoms with van der Waals surface area (Å²) in [5, 5.41) is 2.69. The molecule has 1 aromatic rings. The Morgan fingerprint density at radius 2 is 1.87 bits per heavy atom. The molecule has 0 unspecified atom stereocenters. The summed E-state index contributed by atoms with van der Waals surface area (Å²) in [5.41, 5.74) is 1.99. The third-order valence-corrected chi connectivity index (χ3v) is 3.77. The maximum atomic E-state index is 12.4.